The number of hydrogen-bond donors (Lipinski definition) is 1. The van der Waals surface area contributed by atoms with Crippen molar-refractivity contribution in [2.45, 2.75) is 30.7 Å². The number of carbonyl (C=O) groups excluding carboxylic acids is 1. The van der Waals surface area contributed by atoms with Crippen LogP contribution in [0.25, 0.3) is 0 Å². The molecule has 5 heteroatoms. The van der Waals surface area contributed by atoms with Gasteiger partial charge in [-0.05, 0) is 19.3 Å². The van der Waals surface area contributed by atoms with E-state index in [1.807, 2.05) is 0 Å². The Morgan fingerprint density at radius 2 is 2.46 bits per heavy atom. The summed E-state index contributed by atoms with van der Waals surface area (Å²) in [7, 11) is 0. The zero-order chi connectivity index (χ0) is 9.68. The predicted molar refractivity (Wildman–Crippen MR) is 47.7 cm³/mol. The lowest BCUT2D eigenvalue weighted by Crippen LogP contribution is -2.69. The van der Waals surface area contributed by atoms with Gasteiger partial charge in [-0.2, -0.15) is 0 Å². The number of ether oxygens (including phenoxy) is 1. The molecule has 13 heavy (non-hydrogen) atoms. The summed E-state index contributed by atoms with van der Waals surface area (Å²) in [5.41, 5.74) is 3.65. The molecule has 76 valence electrons. The minimum atomic E-state index is -1.08. The van der Waals surface area contributed by atoms with E-state index in [9.17, 15) is 9.90 Å². The van der Waals surface area contributed by atoms with Gasteiger partial charge < -0.3 is 20.4 Å². The van der Waals surface area contributed by atoms with Crippen molar-refractivity contribution in [2.75, 3.05) is 12.4 Å². The second-order valence-electron chi connectivity index (χ2n) is 3.15. The van der Waals surface area contributed by atoms with E-state index in [1.165, 1.54) is 18.2 Å². The first-order valence-corrected chi connectivity index (χ1v) is 5.52. The van der Waals surface area contributed by atoms with Crippen molar-refractivity contribution in [3.8, 4) is 0 Å². The Labute approximate surface area is 81.8 Å². The fourth-order valence-electron chi connectivity index (χ4n) is 1.13. The standard InChI is InChI=1S/C8H15NO3S/c9-6(8(10)11)5-13-7-3-1-2-4-12-7/h6-7H,1-5,9H2,(H,10,11)/t6-,7+/m1/s1. The van der Waals surface area contributed by atoms with Crippen LogP contribution >= 0.6 is 11.8 Å². The number of quaternary nitrogens is 1. The van der Waals surface area contributed by atoms with Crippen molar-refractivity contribution in [3.05, 3.63) is 0 Å². The molecule has 0 saturated carbocycles. The number of carbonyl (C=O) groups is 1. The van der Waals surface area contributed by atoms with E-state index in [4.69, 9.17) is 4.74 Å². The van der Waals surface area contributed by atoms with Crippen LogP contribution in [-0.2, 0) is 9.53 Å². The minimum absolute atomic E-state index is 0.164. The van der Waals surface area contributed by atoms with Gasteiger partial charge in [-0.25, -0.2) is 0 Å². The molecule has 0 aromatic rings. The van der Waals surface area contributed by atoms with Gasteiger partial charge in [0.1, 0.15) is 11.5 Å². The van der Waals surface area contributed by atoms with Crippen LogP contribution in [0.1, 0.15) is 19.3 Å². The van der Waals surface area contributed by atoms with Crippen molar-refractivity contribution < 1.29 is 20.4 Å². The molecule has 1 aliphatic rings. The maximum atomic E-state index is 10.3. The third kappa shape index (κ3) is 3.97. The smallest absolute Gasteiger partial charge is 0.134 e. The van der Waals surface area contributed by atoms with Gasteiger partial charge in [0.25, 0.3) is 0 Å². The molecule has 1 aliphatic heterocycles. The lowest BCUT2D eigenvalue weighted by molar-refractivity contribution is -0.431. The third-order valence-corrected chi connectivity index (χ3v) is 3.29. The molecule has 0 aromatic heterocycles. The van der Waals surface area contributed by atoms with E-state index in [1.54, 1.807) is 0 Å². The van der Waals surface area contributed by atoms with Gasteiger partial charge in [0.2, 0.25) is 0 Å². The number of thioether (sulfide) groups is 1. The van der Waals surface area contributed by atoms with Crippen LogP contribution < -0.4 is 10.8 Å². The highest BCUT2D eigenvalue weighted by atomic mass is 32.2. The first kappa shape index (κ1) is 10.8. The Kier molecular flexibility index (Phi) is 4.55. The van der Waals surface area contributed by atoms with Crippen LogP contribution in [0.2, 0.25) is 0 Å². The molecule has 0 aromatic carbocycles. The molecule has 0 amide bonds. The fraction of sp³-hybridized carbons (Fsp3) is 0.875. The SMILES string of the molecule is [NH3+][C@H](CS[C@H]1CCCCO1)C(=O)[O-]. The Balaban J connectivity index is 2.13. The van der Waals surface area contributed by atoms with Crippen molar-refractivity contribution in [2.24, 2.45) is 0 Å². The minimum Gasteiger partial charge on any atom is -0.544 e. The number of carboxylic acid groups (broad SMARTS) is 1. The maximum absolute atomic E-state index is 10.3. The summed E-state index contributed by atoms with van der Waals surface area (Å²) in [6.45, 7) is 0.796. The molecule has 2 atom stereocenters. The Hall–Kier alpha value is -0.260. The molecule has 1 heterocycles. The summed E-state index contributed by atoms with van der Waals surface area (Å²) < 4.78 is 5.43. The second-order valence-corrected chi connectivity index (χ2v) is 4.34. The quantitative estimate of drug-likeness (QED) is 0.613. The van der Waals surface area contributed by atoms with Gasteiger partial charge >= 0.3 is 0 Å². The van der Waals surface area contributed by atoms with Gasteiger partial charge in [-0.3, -0.25) is 0 Å². The highest BCUT2D eigenvalue weighted by molar-refractivity contribution is 7.99. The van der Waals surface area contributed by atoms with E-state index < -0.39 is 12.0 Å². The lowest BCUT2D eigenvalue weighted by Gasteiger charge is -2.22. The molecule has 0 spiro atoms. The van der Waals surface area contributed by atoms with Crippen LogP contribution in [0.5, 0.6) is 0 Å². The van der Waals surface area contributed by atoms with Gasteiger partial charge in [0.05, 0.1) is 11.7 Å². The first-order chi connectivity index (χ1) is 6.20. The van der Waals surface area contributed by atoms with Crippen LogP contribution in [0.4, 0.5) is 0 Å². The van der Waals surface area contributed by atoms with E-state index >= 15 is 0 Å². The second kappa shape index (κ2) is 5.47. The molecule has 1 saturated heterocycles. The summed E-state index contributed by atoms with van der Waals surface area (Å²) in [5.74, 6) is -0.601. The number of hydrogen-bond acceptors (Lipinski definition) is 4. The number of rotatable bonds is 4. The van der Waals surface area contributed by atoms with Crippen molar-refractivity contribution in [1.82, 2.24) is 0 Å². The topological polar surface area (TPSA) is 77.0 Å². The normalized spacial score (nSPS) is 25.5. The molecular formula is C8H15NO3S. The zero-order valence-electron chi connectivity index (χ0n) is 7.53. The highest BCUT2D eigenvalue weighted by Gasteiger charge is 2.16. The molecule has 0 bridgehead atoms. The molecule has 1 fully saturated rings. The van der Waals surface area contributed by atoms with Gasteiger partial charge in [-0.15, -0.1) is 11.8 Å². The summed E-state index contributed by atoms with van der Waals surface area (Å²) >= 11 is 1.53. The fourth-order valence-corrected chi connectivity index (χ4v) is 2.24. The average molecular weight is 205 g/mol. The van der Waals surface area contributed by atoms with Crippen LogP contribution in [0.15, 0.2) is 0 Å². The van der Waals surface area contributed by atoms with E-state index in [-0.39, 0.29) is 5.44 Å². The molecular weight excluding hydrogens is 190 g/mol. The molecule has 0 aliphatic carbocycles. The summed E-state index contributed by atoms with van der Waals surface area (Å²) in [6, 6.07) is -0.629. The molecule has 0 radical (unpaired) electrons. The summed E-state index contributed by atoms with van der Waals surface area (Å²) in [6.07, 6.45) is 3.31. The third-order valence-electron chi connectivity index (χ3n) is 1.95. The lowest BCUT2D eigenvalue weighted by atomic mass is 10.2. The predicted octanol–water partition coefficient (Wildman–Crippen LogP) is -1.39. The Bertz CT molecular complexity index is 171. The van der Waals surface area contributed by atoms with Crippen molar-refractivity contribution >= 4 is 17.7 Å². The molecule has 0 unspecified atom stereocenters. The number of carboxylic acids is 1. The van der Waals surface area contributed by atoms with E-state index in [0.29, 0.717) is 5.75 Å². The number of aliphatic carboxylic acids is 1. The molecule has 3 N–H and O–H groups in total. The first-order valence-electron chi connectivity index (χ1n) is 4.47. The highest BCUT2D eigenvalue weighted by Crippen LogP contribution is 2.23. The van der Waals surface area contributed by atoms with Crippen molar-refractivity contribution in [3.63, 3.8) is 0 Å². The van der Waals surface area contributed by atoms with Crippen LogP contribution in [0, 0.1) is 0 Å². The maximum Gasteiger partial charge on any atom is 0.134 e. The Morgan fingerprint density at radius 3 is 3.00 bits per heavy atom. The van der Waals surface area contributed by atoms with Gasteiger partial charge in [0, 0.05) is 6.61 Å². The van der Waals surface area contributed by atoms with E-state index in [2.05, 4.69) is 5.73 Å². The van der Waals surface area contributed by atoms with Crippen LogP contribution in [-0.4, -0.2) is 29.8 Å². The van der Waals surface area contributed by atoms with Crippen molar-refractivity contribution in [1.29, 1.82) is 0 Å². The van der Waals surface area contributed by atoms with Gasteiger partial charge in [-0.1, -0.05) is 0 Å². The summed E-state index contributed by atoms with van der Waals surface area (Å²) in [5, 5.41) is 10.3. The zero-order valence-corrected chi connectivity index (χ0v) is 8.35. The summed E-state index contributed by atoms with van der Waals surface area (Å²) in [4.78, 5) is 10.3. The van der Waals surface area contributed by atoms with Gasteiger partial charge in [0.15, 0.2) is 0 Å². The largest absolute Gasteiger partial charge is 0.544 e. The molecule has 1 rings (SSSR count). The molecule has 4 nitrogen and oxygen atoms in total. The monoisotopic (exact) mass is 205 g/mol. The average Bonchev–Trinajstić information content (AvgIpc) is 2.15. The Morgan fingerprint density at radius 1 is 1.69 bits per heavy atom. The van der Waals surface area contributed by atoms with Crippen LogP contribution in [0.3, 0.4) is 0 Å². The van der Waals surface area contributed by atoms with E-state index in [0.717, 1.165) is 19.4 Å².